The first-order valence-corrected chi connectivity index (χ1v) is 6.72. The Labute approximate surface area is 125 Å². The molecule has 2 N–H and O–H groups in total. The fraction of sp³-hybridized carbons (Fsp3) is 0.133. The molecule has 2 aromatic carbocycles. The van der Waals surface area contributed by atoms with Crippen LogP contribution in [0.4, 0.5) is 0 Å². The second-order valence-corrected chi connectivity index (χ2v) is 5.09. The van der Waals surface area contributed by atoms with Gasteiger partial charge in [-0.2, -0.15) is 0 Å². The van der Waals surface area contributed by atoms with Gasteiger partial charge in [-0.1, -0.05) is 0 Å². The Morgan fingerprint density at radius 3 is 2.40 bits per heavy atom. The molecule has 104 valence electrons. The van der Waals surface area contributed by atoms with Crippen molar-refractivity contribution < 1.29 is 14.3 Å². The Hall–Kier alpha value is -2.01. The molecule has 0 aromatic heterocycles. The zero-order valence-electron chi connectivity index (χ0n) is 11.1. The molecule has 0 aliphatic heterocycles. The molecule has 5 heteroatoms. The number of hydrogen-bond donors (Lipinski definition) is 1. The van der Waals surface area contributed by atoms with Gasteiger partial charge >= 0.3 is 0 Å². The number of rotatable bonds is 4. The minimum absolute atomic E-state index is 0.445. The number of primary amides is 1. The lowest BCUT2D eigenvalue weighted by atomic mass is 10.1. The fourth-order valence-electron chi connectivity index (χ4n) is 1.79. The molecule has 0 aliphatic rings. The van der Waals surface area contributed by atoms with Gasteiger partial charge in [0.2, 0.25) is 5.91 Å². The topological polar surface area (TPSA) is 61.6 Å². The second kappa shape index (κ2) is 5.96. The Morgan fingerprint density at radius 1 is 1.15 bits per heavy atom. The van der Waals surface area contributed by atoms with E-state index in [1.54, 1.807) is 31.4 Å². The summed E-state index contributed by atoms with van der Waals surface area (Å²) in [4.78, 5) is 11.2. The molecule has 2 aromatic rings. The molecule has 0 radical (unpaired) electrons. The third-order valence-corrected chi connectivity index (χ3v) is 3.45. The highest BCUT2D eigenvalue weighted by Crippen LogP contribution is 2.33. The van der Waals surface area contributed by atoms with E-state index in [0.717, 1.165) is 15.8 Å². The lowest BCUT2D eigenvalue weighted by Gasteiger charge is -2.10. The molecule has 0 aliphatic carbocycles. The normalized spacial score (nSPS) is 10.2. The van der Waals surface area contributed by atoms with E-state index in [1.807, 2.05) is 19.1 Å². The van der Waals surface area contributed by atoms with Crippen molar-refractivity contribution in [1.29, 1.82) is 0 Å². The van der Waals surface area contributed by atoms with Crippen molar-refractivity contribution >= 4 is 21.8 Å². The van der Waals surface area contributed by atoms with E-state index >= 15 is 0 Å². The van der Waals surface area contributed by atoms with Gasteiger partial charge in [-0.3, -0.25) is 4.79 Å². The van der Waals surface area contributed by atoms with Crippen molar-refractivity contribution in [3.05, 3.63) is 52.0 Å². The molecule has 0 bridgehead atoms. The van der Waals surface area contributed by atoms with Gasteiger partial charge in [0.15, 0.2) is 0 Å². The van der Waals surface area contributed by atoms with Crippen LogP contribution in [-0.4, -0.2) is 13.0 Å². The van der Waals surface area contributed by atoms with Crippen LogP contribution in [0.25, 0.3) is 0 Å². The Morgan fingerprint density at radius 2 is 1.85 bits per heavy atom. The number of halogens is 1. The first-order chi connectivity index (χ1) is 9.51. The second-order valence-electron chi connectivity index (χ2n) is 4.24. The van der Waals surface area contributed by atoms with Crippen LogP contribution < -0.4 is 15.2 Å². The molecular weight excluding hydrogens is 322 g/mol. The van der Waals surface area contributed by atoms with Crippen LogP contribution in [0.15, 0.2) is 40.9 Å². The third kappa shape index (κ3) is 3.11. The van der Waals surface area contributed by atoms with Gasteiger partial charge < -0.3 is 15.2 Å². The van der Waals surface area contributed by atoms with Crippen LogP contribution in [0, 0.1) is 6.92 Å². The quantitative estimate of drug-likeness (QED) is 0.927. The number of methoxy groups -OCH3 is 1. The number of ether oxygens (including phenoxy) is 2. The minimum atomic E-state index is -0.445. The van der Waals surface area contributed by atoms with Gasteiger partial charge in [-0.25, -0.2) is 0 Å². The Kier molecular flexibility index (Phi) is 4.29. The molecule has 4 nitrogen and oxygen atoms in total. The van der Waals surface area contributed by atoms with Crippen LogP contribution in [-0.2, 0) is 0 Å². The monoisotopic (exact) mass is 335 g/mol. The molecule has 0 saturated carbocycles. The zero-order valence-corrected chi connectivity index (χ0v) is 12.7. The highest BCUT2D eigenvalue weighted by Gasteiger charge is 2.08. The van der Waals surface area contributed by atoms with Crippen LogP contribution in [0.5, 0.6) is 17.2 Å². The van der Waals surface area contributed by atoms with Crippen LogP contribution in [0.3, 0.4) is 0 Å². The summed E-state index contributed by atoms with van der Waals surface area (Å²) in [6.07, 6.45) is 0. The average molecular weight is 336 g/mol. The van der Waals surface area contributed by atoms with Crippen LogP contribution in [0.1, 0.15) is 15.9 Å². The molecule has 1 amide bonds. The first kappa shape index (κ1) is 14.4. The molecule has 20 heavy (non-hydrogen) atoms. The molecule has 2 rings (SSSR count). The number of carbonyl (C=O) groups excluding carboxylic acids is 1. The van der Waals surface area contributed by atoms with Crippen molar-refractivity contribution in [2.45, 2.75) is 6.92 Å². The van der Waals surface area contributed by atoms with E-state index in [1.165, 1.54) is 0 Å². The molecular formula is C15H14BrNO3. The van der Waals surface area contributed by atoms with Gasteiger partial charge in [-0.15, -0.1) is 0 Å². The predicted molar refractivity (Wildman–Crippen MR) is 80.5 cm³/mol. The third-order valence-electron chi connectivity index (χ3n) is 2.83. The fourth-order valence-corrected chi connectivity index (χ4v) is 2.23. The number of amides is 1. The van der Waals surface area contributed by atoms with Crippen molar-refractivity contribution in [1.82, 2.24) is 0 Å². The molecule has 0 heterocycles. The highest BCUT2D eigenvalue weighted by molar-refractivity contribution is 9.10. The van der Waals surface area contributed by atoms with Gasteiger partial charge in [0.05, 0.1) is 11.6 Å². The summed E-state index contributed by atoms with van der Waals surface area (Å²) in [5.41, 5.74) is 6.54. The summed E-state index contributed by atoms with van der Waals surface area (Å²) in [5, 5.41) is 0. The molecule has 0 spiro atoms. The maximum Gasteiger partial charge on any atom is 0.248 e. The minimum Gasteiger partial charge on any atom is -0.497 e. The Bertz CT molecular complexity index is 656. The SMILES string of the molecule is COc1ccc(Oc2ccc(C(N)=O)c(C)c2)c(Br)c1. The van der Waals surface area contributed by atoms with E-state index < -0.39 is 5.91 Å². The number of carbonyl (C=O) groups is 1. The van der Waals surface area contributed by atoms with Crippen LogP contribution in [0.2, 0.25) is 0 Å². The lowest BCUT2D eigenvalue weighted by molar-refractivity contribution is 0.0999. The largest absolute Gasteiger partial charge is 0.497 e. The maximum atomic E-state index is 11.2. The summed E-state index contributed by atoms with van der Waals surface area (Å²) in [7, 11) is 1.61. The first-order valence-electron chi connectivity index (χ1n) is 5.93. The summed E-state index contributed by atoms with van der Waals surface area (Å²) in [5.74, 6) is 1.60. The van der Waals surface area contributed by atoms with Crippen molar-refractivity contribution in [2.24, 2.45) is 5.73 Å². The number of nitrogens with two attached hydrogens (primary N) is 1. The average Bonchev–Trinajstić information content (AvgIpc) is 2.40. The Balaban J connectivity index is 2.26. The standard InChI is InChI=1S/C15H14BrNO3/c1-9-7-11(3-5-12(9)15(17)18)20-14-6-4-10(19-2)8-13(14)16/h3-8H,1-2H3,(H2,17,18). The highest BCUT2D eigenvalue weighted by atomic mass is 79.9. The number of hydrogen-bond acceptors (Lipinski definition) is 3. The van der Waals surface area contributed by atoms with Gasteiger partial charge in [0.1, 0.15) is 17.2 Å². The molecule has 0 unspecified atom stereocenters. The summed E-state index contributed by atoms with van der Waals surface area (Å²) in [6, 6.07) is 10.6. The van der Waals surface area contributed by atoms with Gasteiger partial charge in [-0.05, 0) is 64.8 Å². The summed E-state index contributed by atoms with van der Waals surface area (Å²) in [6.45, 7) is 1.82. The van der Waals surface area contributed by atoms with Crippen LogP contribution >= 0.6 is 15.9 Å². The summed E-state index contributed by atoms with van der Waals surface area (Å²) >= 11 is 3.42. The van der Waals surface area contributed by atoms with Gasteiger partial charge in [0, 0.05) is 5.56 Å². The maximum absolute atomic E-state index is 11.2. The lowest BCUT2D eigenvalue weighted by Crippen LogP contribution is -2.12. The van der Waals surface area contributed by atoms with Crippen molar-refractivity contribution in [3.63, 3.8) is 0 Å². The van der Waals surface area contributed by atoms with E-state index in [9.17, 15) is 4.79 Å². The van der Waals surface area contributed by atoms with Crippen molar-refractivity contribution in [2.75, 3.05) is 7.11 Å². The predicted octanol–water partition coefficient (Wildman–Crippen LogP) is 3.66. The molecule has 0 fully saturated rings. The van der Waals surface area contributed by atoms with Crippen molar-refractivity contribution in [3.8, 4) is 17.2 Å². The number of aryl methyl sites for hydroxylation is 1. The van der Waals surface area contributed by atoms with E-state index in [-0.39, 0.29) is 0 Å². The zero-order chi connectivity index (χ0) is 14.7. The van der Waals surface area contributed by atoms with E-state index in [2.05, 4.69) is 15.9 Å². The van der Waals surface area contributed by atoms with E-state index in [4.69, 9.17) is 15.2 Å². The summed E-state index contributed by atoms with van der Waals surface area (Å²) < 4.78 is 11.7. The van der Waals surface area contributed by atoms with E-state index in [0.29, 0.717) is 17.1 Å². The number of benzene rings is 2. The van der Waals surface area contributed by atoms with Gasteiger partial charge in [0.25, 0.3) is 0 Å². The smallest absolute Gasteiger partial charge is 0.248 e. The molecule has 0 saturated heterocycles. The molecule has 0 atom stereocenters.